The molecule has 0 fully saturated rings. The first kappa shape index (κ1) is 21.6. The smallest absolute Gasteiger partial charge is 0.259 e. The van der Waals surface area contributed by atoms with E-state index in [2.05, 4.69) is 29.1 Å². The molecule has 0 aliphatic rings. The first-order valence-corrected chi connectivity index (χ1v) is 10.5. The predicted molar refractivity (Wildman–Crippen MR) is 117 cm³/mol. The van der Waals surface area contributed by atoms with Crippen molar-refractivity contribution in [3.05, 3.63) is 81.6 Å². The molecule has 0 saturated carbocycles. The van der Waals surface area contributed by atoms with E-state index in [1.807, 2.05) is 24.3 Å². The third-order valence-corrected chi connectivity index (χ3v) is 5.60. The van der Waals surface area contributed by atoms with E-state index in [0.717, 1.165) is 10.5 Å². The Labute approximate surface area is 182 Å². The van der Waals surface area contributed by atoms with Gasteiger partial charge >= 0.3 is 0 Å². The highest BCUT2D eigenvalue weighted by atomic mass is 35.5. The van der Waals surface area contributed by atoms with Gasteiger partial charge in [-0.3, -0.25) is 4.79 Å². The molecular formula is C21H18Cl2FN3OS. The van der Waals surface area contributed by atoms with E-state index in [1.165, 1.54) is 24.4 Å². The van der Waals surface area contributed by atoms with Crippen molar-refractivity contribution in [3.8, 4) is 0 Å². The molecule has 1 N–H and O–H groups in total. The quantitative estimate of drug-likeness (QED) is 0.356. The molecule has 0 radical (unpaired) electrons. The Morgan fingerprint density at radius 1 is 1.17 bits per heavy atom. The number of nitrogens with zero attached hydrogens (tertiary/aromatic N) is 2. The van der Waals surface area contributed by atoms with Gasteiger partial charge in [-0.15, -0.1) is 11.8 Å². The molecule has 0 bridgehead atoms. The summed E-state index contributed by atoms with van der Waals surface area (Å²) in [5, 5.41) is 3.05. The average Bonchev–Trinajstić information content (AvgIpc) is 2.66. The summed E-state index contributed by atoms with van der Waals surface area (Å²) in [7, 11) is 0. The first-order chi connectivity index (χ1) is 13.8. The summed E-state index contributed by atoms with van der Waals surface area (Å²) >= 11 is 13.7. The predicted octanol–water partition coefficient (Wildman–Crippen LogP) is 6.27. The number of rotatable bonds is 6. The highest BCUT2D eigenvalue weighted by molar-refractivity contribution is 8.00. The van der Waals surface area contributed by atoms with Crippen molar-refractivity contribution in [2.75, 3.05) is 5.32 Å². The first-order valence-electron chi connectivity index (χ1n) is 8.86. The summed E-state index contributed by atoms with van der Waals surface area (Å²) in [4.78, 5) is 22.1. The minimum atomic E-state index is -0.624. The maximum Gasteiger partial charge on any atom is 0.259 e. The molecule has 0 aliphatic heterocycles. The van der Waals surface area contributed by atoms with E-state index in [1.54, 1.807) is 11.8 Å². The standard InChI is InChI=1S/C21H18Cl2FN3OS/c1-12(2)29-18-9-4-3-6-13(18)10-17-14(11-25-21(23)26-17)20(28)27-19-15(22)7-5-8-16(19)24/h3-9,11-12H,10H2,1-2H3,(H,27,28). The fraction of sp³-hybridized carbons (Fsp3) is 0.190. The van der Waals surface area contributed by atoms with Crippen molar-refractivity contribution in [1.29, 1.82) is 0 Å². The van der Waals surface area contributed by atoms with Gasteiger partial charge in [0.15, 0.2) is 0 Å². The van der Waals surface area contributed by atoms with Crippen LogP contribution in [0, 0.1) is 5.82 Å². The fourth-order valence-electron chi connectivity index (χ4n) is 2.71. The van der Waals surface area contributed by atoms with Gasteiger partial charge in [0.25, 0.3) is 5.91 Å². The molecule has 0 saturated heterocycles. The molecule has 0 aliphatic carbocycles. The van der Waals surface area contributed by atoms with Gasteiger partial charge in [-0.1, -0.05) is 49.7 Å². The second-order valence-corrected chi connectivity index (χ2v) is 8.86. The number of anilines is 1. The van der Waals surface area contributed by atoms with E-state index >= 15 is 0 Å². The number of para-hydroxylation sites is 1. The number of halogens is 3. The van der Waals surface area contributed by atoms with Crippen LogP contribution in [0.4, 0.5) is 10.1 Å². The van der Waals surface area contributed by atoms with Crippen LogP contribution >= 0.6 is 35.0 Å². The van der Waals surface area contributed by atoms with E-state index in [9.17, 15) is 9.18 Å². The number of hydrogen-bond donors (Lipinski definition) is 1. The van der Waals surface area contributed by atoms with Crippen molar-refractivity contribution < 1.29 is 9.18 Å². The van der Waals surface area contributed by atoms with Gasteiger partial charge in [0.2, 0.25) is 5.28 Å². The number of carbonyl (C=O) groups excluding carboxylic acids is 1. The summed E-state index contributed by atoms with van der Waals surface area (Å²) in [6, 6.07) is 12.1. The maximum absolute atomic E-state index is 14.1. The van der Waals surface area contributed by atoms with Crippen LogP contribution in [0.15, 0.2) is 53.6 Å². The normalized spacial score (nSPS) is 11.0. The van der Waals surface area contributed by atoms with Crippen molar-refractivity contribution in [1.82, 2.24) is 9.97 Å². The second-order valence-electron chi connectivity index (χ2n) is 6.50. The molecule has 3 aromatic rings. The zero-order valence-electron chi connectivity index (χ0n) is 15.7. The minimum absolute atomic E-state index is 0.0365. The number of hydrogen-bond acceptors (Lipinski definition) is 4. The van der Waals surface area contributed by atoms with Crippen LogP contribution in [0.2, 0.25) is 10.3 Å². The Morgan fingerprint density at radius 3 is 2.66 bits per heavy atom. The lowest BCUT2D eigenvalue weighted by Gasteiger charge is -2.14. The van der Waals surface area contributed by atoms with Crippen LogP contribution in [-0.4, -0.2) is 21.1 Å². The summed E-state index contributed by atoms with van der Waals surface area (Å²) in [5.41, 5.74) is 1.58. The van der Waals surface area contributed by atoms with E-state index in [-0.39, 0.29) is 21.6 Å². The highest BCUT2D eigenvalue weighted by Gasteiger charge is 2.19. The summed E-state index contributed by atoms with van der Waals surface area (Å²) < 4.78 is 14.1. The van der Waals surface area contributed by atoms with E-state index < -0.39 is 11.7 Å². The number of aromatic nitrogens is 2. The Bertz CT molecular complexity index is 1030. The van der Waals surface area contributed by atoms with Crippen LogP contribution in [0.1, 0.15) is 35.5 Å². The Hall–Kier alpha value is -2.15. The molecule has 3 rings (SSSR count). The SMILES string of the molecule is CC(C)Sc1ccccc1Cc1nc(Cl)ncc1C(=O)Nc1c(F)cccc1Cl. The average molecular weight is 450 g/mol. The third-order valence-electron chi connectivity index (χ3n) is 3.98. The van der Waals surface area contributed by atoms with Gasteiger partial charge in [0.05, 0.1) is 22.0 Å². The lowest BCUT2D eigenvalue weighted by Crippen LogP contribution is -2.17. The Morgan fingerprint density at radius 2 is 1.93 bits per heavy atom. The number of amides is 1. The highest BCUT2D eigenvalue weighted by Crippen LogP contribution is 2.29. The van der Waals surface area contributed by atoms with Gasteiger partial charge in [-0.05, 0) is 35.4 Å². The van der Waals surface area contributed by atoms with E-state index in [0.29, 0.717) is 17.4 Å². The molecule has 1 heterocycles. The lowest BCUT2D eigenvalue weighted by molar-refractivity contribution is 0.102. The van der Waals surface area contributed by atoms with Gasteiger partial charge in [-0.2, -0.15) is 0 Å². The topological polar surface area (TPSA) is 54.9 Å². The van der Waals surface area contributed by atoms with Gasteiger partial charge < -0.3 is 5.32 Å². The number of benzene rings is 2. The van der Waals surface area contributed by atoms with Crippen molar-refractivity contribution >= 4 is 46.6 Å². The van der Waals surface area contributed by atoms with Gasteiger partial charge in [-0.25, -0.2) is 14.4 Å². The molecule has 29 heavy (non-hydrogen) atoms. The maximum atomic E-state index is 14.1. The lowest BCUT2D eigenvalue weighted by atomic mass is 10.1. The summed E-state index contributed by atoms with van der Waals surface area (Å²) in [5.74, 6) is -1.18. The van der Waals surface area contributed by atoms with Crippen LogP contribution in [0.3, 0.4) is 0 Å². The Balaban J connectivity index is 1.94. The molecule has 8 heteroatoms. The summed E-state index contributed by atoms with van der Waals surface area (Å²) in [6.45, 7) is 4.22. The Kier molecular flexibility index (Phi) is 7.11. The zero-order chi connectivity index (χ0) is 21.0. The third kappa shape index (κ3) is 5.47. The van der Waals surface area contributed by atoms with Crippen LogP contribution < -0.4 is 5.32 Å². The van der Waals surface area contributed by atoms with Crippen LogP contribution in [0.25, 0.3) is 0 Å². The molecule has 0 spiro atoms. The molecule has 4 nitrogen and oxygen atoms in total. The molecule has 150 valence electrons. The van der Waals surface area contributed by atoms with Crippen LogP contribution in [0.5, 0.6) is 0 Å². The minimum Gasteiger partial charge on any atom is -0.318 e. The molecule has 1 amide bonds. The number of carbonyl (C=O) groups is 1. The largest absolute Gasteiger partial charge is 0.318 e. The molecule has 1 aromatic heterocycles. The van der Waals surface area contributed by atoms with Crippen molar-refractivity contribution in [3.63, 3.8) is 0 Å². The van der Waals surface area contributed by atoms with Crippen molar-refractivity contribution in [2.24, 2.45) is 0 Å². The molecule has 0 atom stereocenters. The molecular weight excluding hydrogens is 432 g/mol. The van der Waals surface area contributed by atoms with Gasteiger partial charge in [0, 0.05) is 22.8 Å². The zero-order valence-corrected chi connectivity index (χ0v) is 18.1. The van der Waals surface area contributed by atoms with Crippen LogP contribution in [-0.2, 0) is 6.42 Å². The van der Waals surface area contributed by atoms with Crippen molar-refractivity contribution in [2.45, 2.75) is 30.4 Å². The number of thioether (sulfide) groups is 1. The fourth-order valence-corrected chi connectivity index (χ4v) is 4.03. The molecule has 2 aromatic carbocycles. The second kappa shape index (κ2) is 9.57. The van der Waals surface area contributed by atoms with Gasteiger partial charge in [0.1, 0.15) is 5.82 Å². The monoisotopic (exact) mass is 449 g/mol. The van der Waals surface area contributed by atoms with E-state index in [4.69, 9.17) is 23.2 Å². The number of nitrogens with one attached hydrogen (secondary N) is 1. The summed E-state index contributed by atoms with van der Waals surface area (Å²) in [6.07, 6.45) is 1.72. The molecule has 0 unspecified atom stereocenters.